The number of allylic oxidation sites excluding steroid dienone is 1. The molecule has 0 unspecified atom stereocenters. The molecule has 23 heavy (non-hydrogen) atoms. The molecule has 0 spiro atoms. The highest BCUT2D eigenvalue weighted by Gasteiger charge is 2.14. The van der Waals surface area contributed by atoms with Gasteiger partial charge in [0.2, 0.25) is 5.62 Å². The lowest BCUT2D eigenvalue weighted by Crippen LogP contribution is -2.26. The Morgan fingerprint density at radius 2 is 1.70 bits per heavy atom. The Hall–Kier alpha value is -2.11. The summed E-state index contributed by atoms with van der Waals surface area (Å²) in [4.78, 5) is 0. The lowest BCUT2D eigenvalue weighted by molar-refractivity contribution is 0.155. The van der Waals surface area contributed by atoms with Crippen molar-refractivity contribution in [2.75, 3.05) is 0 Å². The molecule has 1 atom stereocenters. The largest absolute Gasteiger partial charge is 0.387 e. The van der Waals surface area contributed by atoms with Crippen LogP contribution in [0.5, 0.6) is 0 Å². The van der Waals surface area contributed by atoms with Crippen LogP contribution in [0.3, 0.4) is 0 Å². The lowest BCUT2D eigenvalue weighted by atomic mass is 10.1. The average molecular weight is 372 g/mol. The number of benzene rings is 2. The van der Waals surface area contributed by atoms with Gasteiger partial charge in [-0.2, -0.15) is 0 Å². The summed E-state index contributed by atoms with van der Waals surface area (Å²) in [6.07, 6.45) is 1.11. The fraction of sp³-hybridized carbons (Fsp3) is 0.167. The molecule has 3 rings (SSSR count). The molecule has 4 nitrogen and oxygen atoms in total. The van der Waals surface area contributed by atoms with Crippen molar-refractivity contribution in [1.29, 1.82) is 5.41 Å². The Morgan fingerprint density at radius 3 is 2.30 bits per heavy atom. The second-order valence-electron chi connectivity index (χ2n) is 5.39. The van der Waals surface area contributed by atoms with Crippen molar-refractivity contribution >= 4 is 27.0 Å². The van der Waals surface area contributed by atoms with Crippen LogP contribution < -0.4 is 5.62 Å². The van der Waals surface area contributed by atoms with Crippen LogP contribution in [0.4, 0.5) is 0 Å². The second-order valence-corrected chi connectivity index (χ2v) is 6.31. The summed E-state index contributed by atoms with van der Waals surface area (Å²) in [6.45, 7) is 4.67. The quantitative estimate of drug-likeness (QED) is 0.661. The normalized spacial score (nSPS) is 12.4. The number of hydrogen-bond acceptors (Lipinski definition) is 2. The number of nitrogens with zero attached hydrogens (tertiary/aromatic N) is 2. The van der Waals surface area contributed by atoms with Crippen LogP contribution in [0.15, 0.2) is 65.7 Å². The number of hydrogen-bond donors (Lipinski definition) is 2. The fourth-order valence-corrected chi connectivity index (χ4v) is 3.02. The molecule has 2 aromatic carbocycles. The van der Waals surface area contributed by atoms with Crippen molar-refractivity contribution < 1.29 is 5.11 Å². The molecule has 0 saturated heterocycles. The highest BCUT2D eigenvalue weighted by Crippen LogP contribution is 2.20. The molecule has 118 valence electrons. The molecule has 1 aromatic heterocycles. The summed E-state index contributed by atoms with van der Waals surface area (Å²) in [7, 11) is 0. The Balaban J connectivity index is 2.02. The van der Waals surface area contributed by atoms with Crippen LogP contribution >= 0.6 is 15.9 Å². The minimum absolute atomic E-state index is 0.338. The van der Waals surface area contributed by atoms with E-state index >= 15 is 0 Å². The average Bonchev–Trinajstić information content (AvgIpc) is 2.82. The van der Waals surface area contributed by atoms with Gasteiger partial charge < -0.3 is 14.2 Å². The first-order chi connectivity index (χ1) is 11.1. The van der Waals surface area contributed by atoms with Crippen LogP contribution in [0, 0.1) is 5.41 Å². The third-order valence-electron chi connectivity index (χ3n) is 3.90. The third kappa shape index (κ3) is 3.02. The van der Waals surface area contributed by atoms with E-state index in [2.05, 4.69) is 22.5 Å². The first-order valence-corrected chi connectivity index (χ1v) is 8.18. The van der Waals surface area contributed by atoms with Gasteiger partial charge in [0.1, 0.15) is 0 Å². The molecule has 3 aromatic rings. The second kappa shape index (κ2) is 6.56. The van der Waals surface area contributed by atoms with Gasteiger partial charge in [-0.15, -0.1) is 6.58 Å². The van der Waals surface area contributed by atoms with E-state index in [0.717, 1.165) is 21.1 Å². The Labute approximate surface area is 143 Å². The standard InChI is InChI=1S/C18H18BrN3O/c1-2-11-21-15-5-3-4-6-16(15)22(18(21)20)12-17(23)13-7-9-14(19)10-8-13/h2-10,17,20,23H,1,11-12H2/t17-/m1/s1. The summed E-state index contributed by atoms with van der Waals surface area (Å²) in [6, 6.07) is 15.5. The molecule has 0 saturated carbocycles. The highest BCUT2D eigenvalue weighted by molar-refractivity contribution is 9.10. The molecule has 2 N–H and O–H groups in total. The molecule has 5 heteroatoms. The number of fused-ring (bicyclic) bond motifs is 1. The highest BCUT2D eigenvalue weighted by atomic mass is 79.9. The number of imidazole rings is 1. The van der Waals surface area contributed by atoms with Crippen LogP contribution in [-0.4, -0.2) is 14.2 Å². The fourth-order valence-electron chi connectivity index (χ4n) is 2.76. The van der Waals surface area contributed by atoms with Gasteiger partial charge in [-0.3, -0.25) is 5.41 Å². The van der Waals surface area contributed by atoms with E-state index in [-0.39, 0.29) is 0 Å². The zero-order valence-corrected chi connectivity index (χ0v) is 14.2. The molecular weight excluding hydrogens is 354 g/mol. The van der Waals surface area contributed by atoms with Crippen LogP contribution in [-0.2, 0) is 13.1 Å². The van der Waals surface area contributed by atoms with E-state index in [1.54, 1.807) is 6.08 Å². The van der Waals surface area contributed by atoms with E-state index in [1.807, 2.05) is 57.7 Å². The van der Waals surface area contributed by atoms with Gasteiger partial charge in [-0.25, -0.2) is 0 Å². The maximum absolute atomic E-state index is 10.5. The van der Waals surface area contributed by atoms with Crippen LogP contribution in [0.25, 0.3) is 11.0 Å². The molecule has 1 heterocycles. The Morgan fingerprint density at radius 1 is 1.09 bits per heavy atom. The van der Waals surface area contributed by atoms with Gasteiger partial charge in [0.25, 0.3) is 0 Å². The maximum atomic E-state index is 10.5. The monoisotopic (exact) mass is 371 g/mol. The van der Waals surface area contributed by atoms with E-state index < -0.39 is 6.10 Å². The number of nitrogens with one attached hydrogen (secondary N) is 1. The molecule has 0 amide bonds. The maximum Gasteiger partial charge on any atom is 0.203 e. The molecular formula is C18H18BrN3O. The van der Waals surface area contributed by atoms with Crippen molar-refractivity contribution in [3.63, 3.8) is 0 Å². The van der Waals surface area contributed by atoms with Gasteiger partial charge >= 0.3 is 0 Å². The number of aliphatic hydroxyl groups is 1. The van der Waals surface area contributed by atoms with Crippen molar-refractivity contribution in [3.05, 3.63) is 76.8 Å². The first kappa shape index (κ1) is 15.8. The Kier molecular flexibility index (Phi) is 4.50. The predicted octanol–water partition coefficient (Wildman–Crippen LogP) is 3.60. The van der Waals surface area contributed by atoms with Crippen LogP contribution in [0.2, 0.25) is 0 Å². The predicted molar refractivity (Wildman–Crippen MR) is 95.1 cm³/mol. The molecule has 0 aliphatic heterocycles. The van der Waals surface area contributed by atoms with Gasteiger partial charge in [0.05, 0.1) is 23.7 Å². The minimum Gasteiger partial charge on any atom is -0.387 e. The molecule has 0 aliphatic carbocycles. The van der Waals surface area contributed by atoms with Crippen molar-refractivity contribution in [2.24, 2.45) is 0 Å². The van der Waals surface area contributed by atoms with Crippen molar-refractivity contribution in [2.45, 2.75) is 19.2 Å². The van der Waals surface area contributed by atoms with Crippen LogP contribution in [0.1, 0.15) is 11.7 Å². The summed E-state index contributed by atoms with van der Waals surface area (Å²) in [5.74, 6) is 0. The molecule has 0 radical (unpaired) electrons. The molecule has 0 aliphatic rings. The summed E-state index contributed by atoms with van der Waals surface area (Å²) < 4.78 is 4.70. The summed E-state index contributed by atoms with van der Waals surface area (Å²) >= 11 is 3.40. The third-order valence-corrected chi connectivity index (χ3v) is 4.43. The lowest BCUT2D eigenvalue weighted by Gasteiger charge is -2.13. The van der Waals surface area contributed by atoms with E-state index in [0.29, 0.717) is 18.7 Å². The number of para-hydroxylation sites is 2. The van der Waals surface area contributed by atoms with Gasteiger partial charge in [-0.1, -0.05) is 46.3 Å². The van der Waals surface area contributed by atoms with E-state index in [4.69, 9.17) is 5.41 Å². The van der Waals surface area contributed by atoms with Gasteiger partial charge in [0.15, 0.2) is 0 Å². The molecule has 0 fully saturated rings. The topological polar surface area (TPSA) is 53.9 Å². The van der Waals surface area contributed by atoms with E-state index in [9.17, 15) is 5.11 Å². The van der Waals surface area contributed by atoms with E-state index in [1.165, 1.54) is 0 Å². The van der Waals surface area contributed by atoms with Crippen molar-refractivity contribution in [3.8, 4) is 0 Å². The summed E-state index contributed by atoms with van der Waals surface area (Å²) in [5.41, 5.74) is 3.11. The SMILES string of the molecule is C=CCn1c(=N)n(C[C@@H](O)c2ccc(Br)cc2)c2ccccc21. The zero-order valence-electron chi connectivity index (χ0n) is 12.6. The van der Waals surface area contributed by atoms with Gasteiger partial charge in [-0.05, 0) is 29.8 Å². The smallest absolute Gasteiger partial charge is 0.203 e. The number of aliphatic hydroxyl groups excluding tert-OH is 1. The number of halogens is 1. The summed E-state index contributed by atoms with van der Waals surface area (Å²) in [5, 5.41) is 19.0. The zero-order chi connectivity index (χ0) is 16.4. The Bertz CT molecular complexity index is 893. The van der Waals surface area contributed by atoms with Crippen molar-refractivity contribution in [1.82, 2.24) is 9.13 Å². The minimum atomic E-state index is -0.666. The first-order valence-electron chi connectivity index (χ1n) is 7.39. The number of aromatic nitrogens is 2. The molecule has 0 bridgehead atoms. The number of rotatable bonds is 5. The van der Waals surface area contributed by atoms with Gasteiger partial charge in [0, 0.05) is 11.0 Å².